The van der Waals surface area contributed by atoms with Crippen molar-refractivity contribution in [3.8, 4) is 0 Å². The Labute approximate surface area is 151 Å². The van der Waals surface area contributed by atoms with Crippen molar-refractivity contribution in [1.29, 1.82) is 0 Å². The van der Waals surface area contributed by atoms with E-state index in [1.165, 1.54) is 25.7 Å². The molecule has 0 aromatic carbocycles. The first-order chi connectivity index (χ1) is 11.8. The molecule has 0 radical (unpaired) electrons. The van der Waals surface area contributed by atoms with Crippen LogP contribution in [0.2, 0.25) is 0 Å². The fourth-order valence-corrected chi connectivity index (χ4v) is 7.29. The summed E-state index contributed by atoms with van der Waals surface area (Å²) in [7, 11) is 0. The van der Waals surface area contributed by atoms with Crippen LogP contribution in [-0.4, -0.2) is 17.9 Å². The highest BCUT2D eigenvalue weighted by Gasteiger charge is 2.60. The van der Waals surface area contributed by atoms with Crippen LogP contribution in [0.5, 0.6) is 0 Å². The number of hydrogen-bond donors (Lipinski definition) is 0. The Hall–Kier alpha value is -1.12. The number of rotatable bonds is 1. The van der Waals surface area contributed by atoms with Crippen LogP contribution in [-0.2, 0) is 14.3 Å². The third-order valence-corrected chi connectivity index (χ3v) is 8.58. The van der Waals surface area contributed by atoms with Gasteiger partial charge in [-0.2, -0.15) is 0 Å². The summed E-state index contributed by atoms with van der Waals surface area (Å²) >= 11 is 0. The second-order valence-electron chi connectivity index (χ2n) is 9.69. The van der Waals surface area contributed by atoms with Crippen molar-refractivity contribution in [2.24, 2.45) is 34.5 Å². The van der Waals surface area contributed by atoms with Gasteiger partial charge in [-0.25, -0.2) is 0 Å². The zero-order chi connectivity index (χ0) is 18.0. The Kier molecular flexibility index (Phi) is 3.94. The largest absolute Gasteiger partial charge is 0.462 e. The van der Waals surface area contributed by atoms with Gasteiger partial charge in [0.1, 0.15) is 6.10 Å². The Bertz CT molecular complexity index is 635. The summed E-state index contributed by atoms with van der Waals surface area (Å²) in [5, 5.41) is 0. The van der Waals surface area contributed by atoms with Crippen LogP contribution in [0, 0.1) is 34.5 Å². The summed E-state index contributed by atoms with van der Waals surface area (Å²) in [5.41, 5.74) is 1.32. The molecule has 0 saturated heterocycles. The molecule has 0 bridgehead atoms. The third-order valence-electron chi connectivity index (χ3n) is 8.58. The molecule has 0 aromatic rings. The van der Waals surface area contributed by atoms with E-state index in [0.29, 0.717) is 23.5 Å². The zero-order valence-corrected chi connectivity index (χ0v) is 16.1. The molecule has 3 fully saturated rings. The monoisotopic (exact) mass is 344 g/mol. The molecule has 7 atom stereocenters. The van der Waals surface area contributed by atoms with Crippen LogP contribution in [0.3, 0.4) is 0 Å². The minimum atomic E-state index is -0.131. The van der Waals surface area contributed by atoms with Gasteiger partial charge in [0.15, 0.2) is 5.78 Å². The van der Waals surface area contributed by atoms with Gasteiger partial charge in [0.2, 0.25) is 0 Å². The maximum atomic E-state index is 12.2. The fourth-order valence-electron chi connectivity index (χ4n) is 7.29. The van der Waals surface area contributed by atoms with Crippen LogP contribution in [0.25, 0.3) is 0 Å². The highest BCUT2D eigenvalue weighted by Crippen LogP contribution is 2.65. The number of allylic oxidation sites excluding steroid dienone is 2. The van der Waals surface area contributed by atoms with E-state index in [-0.39, 0.29) is 22.9 Å². The Morgan fingerprint density at radius 1 is 1.12 bits per heavy atom. The van der Waals surface area contributed by atoms with Crippen molar-refractivity contribution in [3.05, 3.63) is 11.6 Å². The molecule has 4 aliphatic rings. The number of Topliss-reactive ketones (excluding diaryl/α,β-unsaturated/α-hetero) is 1. The number of esters is 1. The molecule has 0 spiro atoms. The van der Waals surface area contributed by atoms with Crippen LogP contribution in [0.1, 0.15) is 72.6 Å². The van der Waals surface area contributed by atoms with Crippen LogP contribution < -0.4 is 0 Å². The first-order valence-corrected chi connectivity index (χ1v) is 10.2. The van der Waals surface area contributed by atoms with Crippen molar-refractivity contribution in [3.63, 3.8) is 0 Å². The fraction of sp³-hybridized carbons (Fsp3) is 0.818. The zero-order valence-electron chi connectivity index (χ0n) is 16.1. The molecular formula is C22H32O3. The molecule has 0 amide bonds. The summed E-state index contributed by atoms with van der Waals surface area (Å²) in [6.45, 7) is 8.34. The number of ketones is 1. The molecule has 3 saturated carbocycles. The van der Waals surface area contributed by atoms with Crippen LogP contribution >= 0.6 is 0 Å². The topological polar surface area (TPSA) is 43.4 Å². The minimum Gasteiger partial charge on any atom is -0.462 e. The summed E-state index contributed by atoms with van der Waals surface area (Å²) in [5.74, 6) is 2.83. The molecule has 4 rings (SSSR count). The number of carbonyl (C=O) groups excluding carboxylic acids is 2. The van der Waals surface area contributed by atoms with Crippen molar-refractivity contribution in [2.75, 3.05) is 0 Å². The molecule has 4 aliphatic carbocycles. The van der Waals surface area contributed by atoms with Gasteiger partial charge in [-0.1, -0.05) is 19.9 Å². The third kappa shape index (κ3) is 2.44. The van der Waals surface area contributed by atoms with E-state index in [9.17, 15) is 9.59 Å². The highest BCUT2D eigenvalue weighted by molar-refractivity contribution is 5.96. The molecule has 3 nitrogen and oxygen atoms in total. The van der Waals surface area contributed by atoms with Gasteiger partial charge in [-0.05, 0) is 80.1 Å². The predicted octanol–water partition coefficient (Wildman–Crippen LogP) is 4.70. The van der Waals surface area contributed by atoms with E-state index < -0.39 is 0 Å². The van der Waals surface area contributed by atoms with E-state index in [1.807, 2.05) is 6.92 Å². The lowest BCUT2D eigenvalue weighted by Gasteiger charge is -2.59. The molecule has 0 aromatic heterocycles. The maximum Gasteiger partial charge on any atom is 0.302 e. The molecule has 138 valence electrons. The number of hydrogen-bond acceptors (Lipinski definition) is 3. The van der Waals surface area contributed by atoms with Crippen molar-refractivity contribution >= 4 is 11.8 Å². The lowest BCUT2D eigenvalue weighted by Crippen LogP contribution is -2.53. The Morgan fingerprint density at radius 2 is 1.88 bits per heavy atom. The van der Waals surface area contributed by atoms with Gasteiger partial charge < -0.3 is 4.74 Å². The summed E-state index contributed by atoms with van der Waals surface area (Å²) in [4.78, 5) is 23.8. The van der Waals surface area contributed by atoms with E-state index in [4.69, 9.17) is 4.74 Å². The molecule has 25 heavy (non-hydrogen) atoms. The normalized spacial score (nSPS) is 48.9. The van der Waals surface area contributed by atoms with Gasteiger partial charge in [-0.15, -0.1) is 0 Å². The van der Waals surface area contributed by atoms with E-state index in [1.54, 1.807) is 6.92 Å². The second kappa shape index (κ2) is 5.69. The van der Waals surface area contributed by atoms with Gasteiger partial charge in [0.05, 0.1) is 0 Å². The average molecular weight is 344 g/mol. The Balaban J connectivity index is 1.64. The second-order valence-corrected chi connectivity index (χ2v) is 9.69. The standard InChI is InChI=1S/C22H32O3/c1-13-12-22(4)15(11-19(13)24)5-6-16-17-7-8-20(25-14(2)23)21(17,3)10-9-18(16)22/h12,15-18,20H,5-11H2,1-4H3/t15-,16-,17-,18-,20-,21-,22-/m0/s1. The lowest BCUT2D eigenvalue weighted by atomic mass is 9.46. The maximum absolute atomic E-state index is 12.2. The number of carbonyl (C=O) groups is 2. The molecule has 0 N–H and O–H groups in total. The van der Waals surface area contributed by atoms with E-state index >= 15 is 0 Å². The summed E-state index contributed by atoms with van der Waals surface area (Å²) in [6, 6.07) is 0. The SMILES string of the molecule is CC(=O)O[C@H]1CC[C@H]2[C@@H]3CC[C@H]4CC(=O)C(C)=C[C@]4(C)[C@H]3CC[C@]12C. The van der Waals surface area contributed by atoms with Gasteiger partial charge in [0.25, 0.3) is 0 Å². The van der Waals surface area contributed by atoms with E-state index in [2.05, 4.69) is 19.9 Å². The summed E-state index contributed by atoms with van der Waals surface area (Å²) in [6.07, 6.45) is 10.2. The predicted molar refractivity (Wildman–Crippen MR) is 96.8 cm³/mol. The number of fused-ring (bicyclic) bond motifs is 5. The smallest absolute Gasteiger partial charge is 0.302 e. The molecule has 0 aliphatic heterocycles. The molecule has 3 heteroatoms. The van der Waals surface area contributed by atoms with Crippen molar-refractivity contribution < 1.29 is 14.3 Å². The molecule has 0 unspecified atom stereocenters. The molecular weight excluding hydrogens is 312 g/mol. The molecule has 0 heterocycles. The van der Waals surface area contributed by atoms with Gasteiger partial charge in [0, 0.05) is 18.8 Å². The quantitative estimate of drug-likeness (QED) is 0.648. The minimum absolute atomic E-state index is 0.103. The highest BCUT2D eigenvalue weighted by atomic mass is 16.5. The Morgan fingerprint density at radius 3 is 2.60 bits per heavy atom. The van der Waals surface area contributed by atoms with Crippen molar-refractivity contribution in [2.45, 2.75) is 78.7 Å². The summed E-state index contributed by atoms with van der Waals surface area (Å²) < 4.78 is 5.73. The number of ether oxygens (including phenoxy) is 1. The average Bonchev–Trinajstić information content (AvgIpc) is 2.85. The lowest BCUT2D eigenvalue weighted by molar-refractivity contribution is -0.158. The van der Waals surface area contributed by atoms with E-state index in [0.717, 1.165) is 30.8 Å². The van der Waals surface area contributed by atoms with Crippen LogP contribution in [0.4, 0.5) is 0 Å². The van der Waals surface area contributed by atoms with Gasteiger partial charge >= 0.3 is 5.97 Å². The van der Waals surface area contributed by atoms with Crippen LogP contribution in [0.15, 0.2) is 11.6 Å². The first kappa shape index (κ1) is 17.3. The van der Waals surface area contributed by atoms with Gasteiger partial charge in [-0.3, -0.25) is 9.59 Å². The first-order valence-electron chi connectivity index (χ1n) is 10.2. The van der Waals surface area contributed by atoms with Crippen molar-refractivity contribution in [1.82, 2.24) is 0 Å².